The summed E-state index contributed by atoms with van der Waals surface area (Å²) >= 11 is 6.56. The molecule has 2 aromatic heterocycles. The van der Waals surface area contributed by atoms with Crippen molar-refractivity contribution in [2.45, 2.75) is 26.7 Å². The van der Waals surface area contributed by atoms with Crippen LogP contribution in [0.2, 0.25) is 0 Å². The molecule has 1 aliphatic rings. The van der Waals surface area contributed by atoms with Crippen molar-refractivity contribution in [3.63, 3.8) is 0 Å². The molecular weight excluding hydrogens is 382 g/mol. The maximum atomic E-state index is 12.7. The predicted octanol–water partition coefficient (Wildman–Crippen LogP) is 3.56. The lowest BCUT2D eigenvalue weighted by Gasteiger charge is -2.13. The monoisotopic (exact) mass is 401 g/mol. The molecule has 3 heterocycles. The molecule has 0 radical (unpaired) electrons. The summed E-state index contributed by atoms with van der Waals surface area (Å²) in [5.41, 5.74) is 4.05. The van der Waals surface area contributed by atoms with Crippen molar-refractivity contribution >= 4 is 46.3 Å². The molecule has 8 heteroatoms. The molecule has 2 aromatic rings. The fraction of sp³-hybridized carbons (Fsp3) is 0.263. The van der Waals surface area contributed by atoms with Gasteiger partial charge in [-0.1, -0.05) is 24.0 Å². The van der Waals surface area contributed by atoms with Crippen LogP contribution in [0.4, 0.5) is 0 Å². The Labute approximate surface area is 166 Å². The van der Waals surface area contributed by atoms with Gasteiger partial charge in [-0.15, -0.1) is 0 Å². The van der Waals surface area contributed by atoms with Crippen LogP contribution >= 0.6 is 24.0 Å². The SMILES string of the molecule is Cc1cc(C=C2SC(=S)N(CCCC(=O)O)C2=O)c(C)n1-c1ccncc1. The van der Waals surface area contributed by atoms with Gasteiger partial charge in [-0.25, -0.2) is 0 Å². The van der Waals surface area contributed by atoms with Gasteiger partial charge in [0, 0.05) is 42.4 Å². The van der Waals surface area contributed by atoms with Gasteiger partial charge in [0.1, 0.15) is 4.32 Å². The molecule has 1 fully saturated rings. The Balaban J connectivity index is 1.84. The van der Waals surface area contributed by atoms with E-state index in [0.29, 0.717) is 22.2 Å². The zero-order valence-electron chi connectivity index (χ0n) is 15.0. The smallest absolute Gasteiger partial charge is 0.303 e. The first-order valence-electron chi connectivity index (χ1n) is 8.45. The lowest BCUT2D eigenvalue weighted by atomic mass is 10.2. The Morgan fingerprint density at radius 2 is 2.04 bits per heavy atom. The van der Waals surface area contributed by atoms with Crippen LogP contribution in [0, 0.1) is 13.8 Å². The van der Waals surface area contributed by atoms with Gasteiger partial charge < -0.3 is 9.67 Å². The number of aryl methyl sites for hydroxylation is 1. The third kappa shape index (κ3) is 4.12. The van der Waals surface area contributed by atoms with Crippen LogP contribution in [-0.4, -0.2) is 42.3 Å². The first kappa shape index (κ1) is 19.3. The first-order valence-corrected chi connectivity index (χ1v) is 9.67. The molecule has 0 spiro atoms. The Bertz CT molecular complexity index is 935. The molecule has 140 valence electrons. The zero-order chi connectivity index (χ0) is 19.6. The Morgan fingerprint density at radius 1 is 1.33 bits per heavy atom. The number of pyridine rings is 1. The van der Waals surface area contributed by atoms with Crippen molar-refractivity contribution in [2.75, 3.05) is 6.54 Å². The number of rotatable bonds is 6. The number of carbonyl (C=O) groups excluding carboxylic acids is 1. The minimum atomic E-state index is -0.875. The van der Waals surface area contributed by atoms with E-state index < -0.39 is 5.97 Å². The summed E-state index contributed by atoms with van der Waals surface area (Å²) in [4.78, 5) is 29.4. The standard InChI is InChI=1S/C19H19N3O3S2/c1-12-10-14(13(2)22(12)15-5-7-20-8-6-15)11-16-18(25)21(19(26)27-16)9-3-4-17(23)24/h5-8,10-11H,3-4,9H2,1-2H3,(H,23,24). The van der Waals surface area contributed by atoms with Crippen LogP contribution in [0.5, 0.6) is 0 Å². The minimum Gasteiger partial charge on any atom is -0.481 e. The number of aliphatic carboxylic acids is 1. The summed E-state index contributed by atoms with van der Waals surface area (Å²) in [5, 5.41) is 8.76. The second-order valence-electron chi connectivity index (χ2n) is 6.20. The van der Waals surface area contributed by atoms with Crippen LogP contribution in [0.1, 0.15) is 29.8 Å². The first-order chi connectivity index (χ1) is 12.9. The zero-order valence-corrected chi connectivity index (χ0v) is 16.6. The quantitative estimate of drug-likeness (QED) is 0.589. The number of carbonyl (C=O) groups is 2. The molecule has 1 aliphatic heterocycles. The van der Waals surface area contributed by atoms with Gasteiger partial charge >= 0.3 is 5.97 Å². The Kier molecular flexibility index (Phi) is 5.76. The van der Waals surface area contributed by atoms with Gasteiger partial charge in [-0.2, -0.15) is 0 Å². The molecule has 3 rings (SSSR count). The van der Waals surface area contributed by atoms with Gasteiger partial charge in [0.15, 0.2) is 0 Å². The van der Waals surface area contributed by atoms with Crippen molar-refractivity contribution in [3.05, 3.63) is 52.4 Å². The normalized spacial score (nSPS) is 15.8. The Hall–Kier alpha value is -2.45. The predicted molar refractivity (Wildman–Crippen MR) is 110 cm³/mol. The highest BCUT2D eigenvalue weighted by molar-refractivity contribution is 8.26. The maximum absolute atomic E-state index is 12.7. The topological polar surface area (TPSA) is 75.4 Å². The number of hydrogen-bond donors (Lipinski definition) is 1. The van der Waals surface area contributed by atoms with Gasteiger partial charge in [0.2, 0.25) is 0 Å². The molecule has 0 saturated carbocycles. The summed E-state index contributed by atoms with van der Waals surface area (Å²) in [6, 6.07) is 5.91. The van der Waals surface area contributed by atoms with Gasteiger partial charge in [0.25, 0.3) is 5.91 Å². The van der Waals surface area contributed by atoms with E-state index in [1.807, 2.05) is 38.1 Å². The average Bonchev–Trinajstić information content (AvgIpc) is 3.05. The van der Waals surface area contributed by atoms with Crippen LogP contribution in [0.3, 0.4) is 0 Å². The molecular formula is C19H19N3O3S2. The minimum absolute atomic E-state index is 0.0171. The van der Waals surface area contributed by atoms with Crippen LogP contribution < -0.4 is 0 Å². The van der Waals surface area contributed by atoms with E-state index in [-0.39, 0.29) is 12.3 Å². The lowest BCUT2D eigenvalue weighted by molar-refractivity contribution is -0.137. The Morgan fingerprint density at radius 3 is 2.70 bits per heavy atom. The number of carboxylic acids is 1. The summed E-state index contributed by atoms with van der Waals surface area (Å²) in [7, 11) is 0. The number of hydrogen-bond acceptors (Lipinski definition) is 5. The third-order valence-electron chi connectivity index (χ3n) is 4.32. The van der Waals surface area contributed by atoms with E-state index in [0.717, 1.165) is 22.6 Å². The molecule has 0 atom stereocenters. The van der Waals surface area contributed by atoms with Crippen molar-refractivity contribution in [2.24, 2.45) is 0 Å². The molecule has 0 unspecified atom stereocenters. The van der Waals surface area contributed by atoms with Crippen molar-refractivity contribution in [3.8, 4) is 5.69 Å². The fourth-order valence-electron chi connectivity index (χ4n) is 3.05. The molecule has 6 nitrogen and oxygen atoms in total. The molecule has 1 saturated heterocycles. The molecule has 1 amide bonds. The highest BCUT2D eigenvalue weighted by atomic mass is 32.2. The highest BCUT2D eigenvalue weighted by Gasteiger charge is 2.32. The fourth-order valence-corrected chi connectivity index (χ4v) is 4.35. The lowest BCUT2D eigenvalue weighted by Crippen LogP contribution is -2.29. The van der Waals surface area contributed by atoms with E-state index in [2.05, 4.69) is 9.55 Å². The van der Waals surface area contributed by atoms with Crippen molar-refractivity contribution in [1.82, 2.24) is 14.5 Å². The van der Waals surface area contributed by atoms with E-state index in [1.165, 1.54) is 16.7 Å². The van der Waals surface area contributed by atoms with Crippen molar-refractivity contribution in [1.29, 1.82) is 0 Å². The van der Waals surface area contributed by atoms with E-state index in [4.69, 9.17) is 17.3 Å². The number of carboxylic acid groups (broad SMARTS) is 1. The van der Waals surface area contributed by atoms with E-state index >= 15 is 0 Å². The molecule has 1 N–H and O–H groups in total. The number of aromatic nitrogens is 2. The molecule has 0 aliphatic carbocycles. The van der Waals surface area contributed by atoms with E-state index in [9.17, 15) is 9.59 Å². The number of thioether (sulfide) groups is 1. The molecule has 0 aromatic carbocycles. The van der Waals surface area contributed by atoms with Crippen LogP contribution in [0.25, 0.3) is 11.8 Å². The van der Waals surface area contributed by atoms with Gasteiger partial charge in [-0.05, 0) is 50.1 Å². The largest absolute Gasteiger partial charge is 0.481 e. The number of thiocarbonyl (C=S) groups is 1. The maximum Gasteiger partial charge on any atom is 0.303 e. The number of amides is 1. The second kappa shape index (κ2) is 8.06. The van der Waals surface area contributed by atoms with Gasteiger partial charge in [-0.3, -0.25) is 19.5 Å². The second-order valence-corrected chi connectivity index (χ2v) is 7.87. The third-order valence-corrected chi connectivity index (χ3v) is 5.70. The summed E-state index contributed by atoms with van der Waals surface area (Å²) in [6.45, 7) is 4.35. The van der Waals surface area contributed by atoms with Gasteiger partial charge in [0.05, 0.1) is 4.91 Å². The van der Waals surface area contributed by atoms with Crippen molar-refractivity contribution < 1.29 is 14.7 Å². The van der Waals surface area contributed by atoms with Crippen LogP contribution in [-0.2, 0) is 9.59 Å². The summed E-state index contributed by atoms with van der Waals surface area (Å²) in [5.74, 6) is -1.04. The average molecular weight is 402 g/mol. The van der Waals surface area contributed by atoms with Crippen LogP contribution in [0.15, 0.2) is 35.5 Å². The summed E-state index contributed by atoms with van der Waals surface area (Å²) < 4.78 is 2.58. The van der Waals surface area contributed by atoms with E-state index in [1.54, 1.807) is 12.4 Å². The highest BCUT2D eigenvalue weighted by Crippen LogP contribution is 2.34. The molecule has 0 bridgehead atoms. The molecule has 27 heavy (non-hydrogen) atoms. The number of nitrogens with zero attached hydrogens (tertiary/aromatic N) is 3. The summed E-state index contributed by atoms with van der Waals surface area (Å²) in [6.07, 6.45) is 5.75.